The smallest absolute Gasteiger partial charge is 0.242 e. The highest BCUT2D eigenvalue weighted by molar-refractivity contribution is 7.89. The van der Waals surface area contributed by atoms with Crippen molar-refractivity contribution in [3.8, 4) is 0 Å². The Labute approximate surface area is 104 Å². The Hall–Kier alpha value is -1.18. The van der Waals surface area contributed by atoms with Crippen molar-refractivity contribution in [2.24, 2.45) is 0 Å². The lowest BCUT2D eigenvalue weighted by Crippen LogP contribution is -2.26. The third kappa shape index (κ3) is 2.13. The molecule has 92 valence electrons. The Bertz CT molecular complexity index is 649. The van der Waals surface area contributed by atoms with Crippen molar-refractivity contribution < 1.29 is 8.42 Å². The summed E-state index contributed by atoms with van der Waals surface area (Å²) in [6, 6.07) is 4.88. The molecule has 17 heavy (non-hydrogen) atoms. The van der Waals surface area contributed by atoms with Gasteiger partial charge in [0.1, 0.15) is 0 Å². The second kappa shape index (κ2) is 4.25. The number of aromatic nitrogens is 1. The van der Waals surface area contributed by atoms with Crippen molar-refractivity contribution in [3.05, 3.63) is 18.2 Å². The van der Waals surface area contributed by atoms with E-state index in [2.05, 4.69) is 4.98 Å². The lowest BCUT2D eigenvalue weighted by Gasteiger charge is -2.14. The minimum atomic E-state index is -3.41. The van der Waals surface area contributed by atoms with Gasteiger partial charge in [-0.1, -0.05) is 18.3 Å². The maximum absolute atomic E-state index is 12.1. The zero-order chi connectivity index (χ0) is 12.6. The third-order valence-corrected chi connectivity index (χ3v) is 5.32. The second-order valence-electron chi connectivity index (χ2n) is 3.60. The molecule has 0 aliphatic carbocycles. The topological polar surface area (TPSA) is 76.3 Å². The second-order valence-corrected chi connectivity index (χ2v) is 6.71. The summed E-state index contributed by atoms with van der Waals surface area (Å²) in [5.74, 6) is 0. The standard InChI is InChI=1S/C10H13N3O2S2/c1-3-13(2)17(14,15)7-4-5-9-8(6-7)12-10(11)16-9/h4-6H,3H2,1-2H3,(H2,11,12). The minimum absolute atomic E-state index is 0.250. The van der Waals surface area contributed by atoms with Crippen LogP contribution in [0.15, 0.2) is 23.1 Å². The van der Waals surface area contributed by atoms with E-state index in [1.165, 1.54) is 15.6 Å². The average molecular weight is 271 g/mol. The normalized spacial score (nSPS) is 12.4. The zero-order valence-electron chi connectivity index (χ0n) is 9.54. The van der Waals surface area contributed by atoms with Crippen LogP contribution in [0.5, 0.6) is 0 Å². The fourth-order valence-corrected chi connectivity index (χ4v) is 3.35. The van der Waals surface area contributed by atoms with E-state index in [1.807, 2.05) is 0 Å². The summed E-state index contributed by atoms with van der Waals surface area (Å²) in [4.78, 5) is 4.34. The van der Waals surface area contributed by atoms with Crippen molar-refractivity contribution in [2.45, 2.75) is 11.8 Å². The van der Waals surface area contributed by atoms with Gasteiger partial charge in [-0.15, -0.1) is 0 Å². The fourth-order valence-electron chi connectivity index (χ4n) is 1.44. The Balaban J connectivity index is 2.56. The minimum Gasteiger partial charge on any atom is -0.375 e. The Morgan fingerprint density at radius 1 is 1.47 bits per heavy atom. The van der Waals surface area contributed by atoms with Crippen LogP contribution in [-0.2, 0) is 10.0 Å². The summed E-state index contributed by atoms with van der Waals surface area (Å²) in [5, 5.41) is 0.443. The molecule has 1 heterocycles. The van der Waals surface area contributed by atoms with Crippen molar-refractivity contribution in [2.75, 3.05) is 19.3 Å². The van der Waals surface area contributed by atoms with E-state index in [-0.39, 0.29) is 4.90 Å². The summed E-state index contributed by atoms with van der Waals surface area (Å²) < 4.78 is 26.4. The van der Waals surface area contributed by atoms with Gasteiger partial charge in [0.05, 0.1) is 15.1 Å². The van der Waals surface area contributed by atoms with E-state index in [0.29, 0.717) is 17.2 Å². The first kappa shape index (κ1) is 12.3. The number of fused-ring (bicyclic) bond motifs is 1. The molecule has 0 radical (unpaired) electrons. The molecule has 1 aromatic carbocycles. The Morgan fingerprint density at radius 3 is 2.82 bits per heavy atom. The number of rotatable bonds is 3. The number of nitrogens with zero attached hydrogens (tertiary/aromatic N) is 2. The number of benzene rings is 1. The molecule has 0 saturated heterocycles. The number of hydrogen-bond acceptors (Lipinski definition) is 5. The van der Waals surface area contributed by atoms with Crippen LogP contribution in [0.2, 0.25) is 0 Å². The van der Waals surface area contributed by atoms with Gasteiger partial charge in [-0.05, 0) is 18.2 Å². The highest BCUT2D eigenvalue weighted by Gasteiger charge is 2.19. The van der Waals surface area contributed by atoms with E-state index in [9.17, 15) is 8.42 Å². The predicted octanol–water partition coefficient (Wildman–Crippen LogP) is 1.52. The number of anilines is 1. The summed E-state index contributed by atoms with van der Waals surface area (Å²) in [7, 11) is -1.86. The molecular weight excluding hydrogens is 258 g/mol. The summed E-state index contributed by atoms with van der Waals surface area (Å²) in [6.45, 7) is 2.22. The number of nitrogens with two attached hydrogens (primary N) is 1. The van der Waals surface area contributed by atoms with Gasteiger partial charge in [0.15, 0.2) is 5.13 Å². The lowest BCUT2D eigenvalue weighted by atomic mass is 10.3. The summed E-state index contributed by atoms with van der Waals surface area (Å²) >= 11 is 1.34. The van der Waals surface area contributed by atoms with Gasteiger partial charge < -0.3 is 5.73 Å². The van der Waals surface area contributed by atoms with Crippen molar-refractivity contribution in [1.82, 2.24) is 9.29 Å². The fraction of sp³-hybridized carbons (Fsp3) is 0.300. The molecule has 0 amide bonds. The van der Waals surface area contributed by atoms with Crippen LogP contribution in [0.25, 0.3) is 10.2 Å². The molecule has 0 unspecified atom stereocenters. The Morgan fingerprint density at radius 2 is 2.18 bits per heavy atom. The van der Waals surface area contributed by atoms with Gasteiger partial charge in [0.2, 0.25) is 10.0 Å². The van der Waals surface area contributed by atoms with Crippen LogP contribution < -0.4 is 5.73 Å². The highest BCUT2D eigenvalue weighted by Crippen LogP contribution is 2.26. The van der Waals surface area contributed by atoms with Crippen molar-refractivity contribution in [1.29, 1.82) is 0 Å². The van der Waals surface area contributed by atoms with Gasteiger partial charge in [-0.25, -0.2) is 17.7 Å². The van der Waals surface area contributed by atoms with Crippen LogP contribution >= 0.6 is 11.3 Å². The van der Waals surface area contributed by atoms with E-state index >= 15 is 0 Å². The van der Waals surface area contributed by atoms with E-state index < -0.39 is 10.0 Å². The largest absolute Gasteiger partial charge is 0.375 e. The van der Waals surface area contributed by atoms with E-state index in [1.54, 1.807) is 32.2 Å². The maximum atomic E-state index is 12.1. The molecule has 0 bridgehead atoms. The van der Waals surface area contributed by atoms with Crippen LogP contribution in [0.1, 0.15) is 6.92 Å². The van der Waals surface area contributed by atoms with Gasteiger partial charge in [0, 0.05) is 13.6 Å². The average Bonchev–Trinajstić information content (AvgIpc) is 2.66. The molecule has 2 rings (SSSR count). The number of nitrogen functional groups attached to an aromatic ring is 1. The molecule has 1 aromatic heterocycles. The molecule has 2 aromatic rings. The molecule has 0 fully saturated rings. The highest BCUT2D eigenvalue weighted by atomic mass is 32.2. The number of sulfonamides is 1. The van der Waals surface area contributed by atoms with Gasteiger partial charge in [-0.3, -0.25) is 0 Å². The monoisotopic (exact) mass is 271 g/mol. The first-order valence-corrected chi connectivity index (χ1v) is 7.33. The molecule has 2 N–H and O–H groups in total. The molecule has 0 spiro atoms. The van der Waals surface area contributed by atoms with Gasteiger partial charge in [0.25, 0.3) is 0 Å². The molecule has 0 atom stereocenters. The quantitative estimate of drug-likeness (QED) is 0.918. The van der Waals surface area contributed by atoms with Crippen LogP contribution in [0, 0.1) is 0 Å². The molecule has 5 nitrogen and oxygen atoms in total. The van der Waals surface area contributed by atoms with Gasteiger partial charge in [-0.2, -0.15) is 0 Å². The SMILES string of the molecule is CCN(C)S(=O)(=O)c1ccc2sc(N)nc2c1. The third-order valence-electron chi connectivity index (χ3n) is 2.53. The summed E-state index contributed by atoms with van der Waals surface area (Å²) in [5.41, 5.74) is 6.21. The maximum Gasteiger partial charge on any atom is 0.242 e. The molecule has 0 aliphatic heterocycles. The first-order valence-electron chi connectivity index (χ1n) is 5.07. The van der Waals surface area contributed by atoms with E-state index in [0.717, 1.165) is 4.70 Å². The number of thiazole rings is 1. The lowest BCUT2D eigenvalue weighted by molar-refractivity contribution is 0.486. The van der Waals surface area contributed by atoms with Gasteiger partial charge >= 0.3 is 0 Å². The van der Waals surface area contributed by atoms with Crippen LogP contribution in [0.4, 0.5) is 5.13 Å². The molecule has 0 saturated carbocycles. The van der Waals surface area contributed by atoms with E-state index in [4.69, 9.17) is 5.73 Å². The van der Waals surface area contributed by atoms with Crippen LogP contribution in [-0.4, -0.2) is 31.3 Å². The predicted molar refractivity (Wildman–Crippen MR) is 69.5 cm³/mol. The Kier molecular flexibility index (Phi) is 3.07. The van der Waals surface area contributed by atoms with Crippen molar-refractivity contribution in [3.63, 3.8) is 0 Å². The zero-order valence-corrected chi connectivity index (χ0v) is 11.2. The molecular formula is C10H13N3O2S2. The first-order chi connectivity index (χ1) is 7.95. The van der Waals surface area contributed by atoms with Crippen molar-refractivity contribution >= 4 is 36.7 Å². The number of hydrogen-bond donors (Lipinski definition) is 1. The molecule has 0 aliphatic rings. The van der Waals surface area contributed by atoms with Crippen LogP contribution in [0.3, 0.4) is 0 Å². The molecule has 7 heteroatoms. The summed E-state index contributed by atoms with van der Waals surface area (Å²) in [6.07, 6.45) is 0.